The Balaban J connectivity index is 1.58. The summed E-state index contributed by atoms with van der Waals surface area (Å²) < 4.78 is 8.02. The van der Waals surface area contributed by atoms with E-state index in [1.54, 1.807) is 16.9 Å². The number of nitrogens with zero attached hydrogens (tertiary/aromatic N) is 6. The van der Waals surface area contributed by atoms with Crippen LogP contribution in [0.25, 0.3) is 0 Å². The van der Waals surface area contributed by atoms with Gasteiger partial charge in [0, 0.05) is 51.2 Å². The Kier molecular flexibility index (Phi) is 6.22. The first kappa shape index (κ1) is 20.0. The number of hydrogen-bond donors (Lipinski definition) is 0. The lowest BCUT2D eigenvalue weighted by molar-refractivity contribution is -0.0725. The van der Waals surface area contributed by atoms with Crippen LogP contribution in [0.1, 0.15) is 28.5 Å². The van der Waals surface area contributed by atoms with Crippen molar-refractivity contribution >= 4 is 5.91 Å². The van der Waals surface area contributed by atoms with Crippen molar-refractivity contribution in [2.45, 2.75) is 18.6 Å². The minimum Gasteiger partial charge on any atom is -0.373 e. The van der Waals surface area contributed by atoms with Gasteiger partial charge in [-0.15, -0.1) is 0 Å². The van der Waals surface area contributed by atoms with E-state index in [2.05, 4.69) is 26.9 Å². The number of morpholine rings is 1. The van der Waals surface area contributed by atoms with Crippen molar-refractivity contribution in [2.24, 2.45) is 7.05 Å². The van der Waals surface area contributed by atoms with Gasteiger partial charge in [-0.1, -0.05) is 6.07 Å². The van der Waals surface area contributed by atoms with Gasteiger partial charge >= 0.3 is 0 Å². The number of amides is 1. The van der Waals surface area contributed by atoms with E-state index in [-0.39, 0.29) is 18.1 Å². The van der Waals surface area contributed by atoms with Crippen LogP contribution in [0.15, 0.2) is 36.8 Å². The van der Waals surface area contributed by atoms with Crippen molar-refractivity contribution in [1.82, 2.24) is 29.5 Å². The molecular formula is C21H30N6O2. The minimum absolute atomic E-state index is 0.0525. The van der Waals surface area contributed by atoms with Gasteiger partial charge in [-0.05, 0) is 38.7 Å². The molecule has 2 saturated heterocycles. The maximum Gasteiger partial charge on any atom is 0.273 e. The molecule has 29 heavy (non-hydrogen) atoms. The fourth-order valence-electron chi connectivity index (χ4n) is 4.27. The molecule has 0 bridgehead atoms. The molecule has 0 N–H and O–H groups in total. The molecule has 0 radical (unpaired) electrons. The van der Waals surface area contributed by atoms with E-state index in [1.165, 1.54) is 0 Å². The first-order chi connectivity index (χ1) is 14.1. The van der Waals surface area contributed by atoms with Crippen molar-refractivity contribution in [3.63, 3.8) is 0 Å². The zero-order chi connectivity index (χ0) is 20.2. The summed E-state index contributed by atoms with van der Waals surface area (Å²) in [6.45, 7) is 6.14. The number of ether oxygens (including phenoxy) is 1. The van der Waals surface area contributed by atoms with Crippen LogP contribution in [0.5, 0.6) is 0 Å². The average Bonchev–Trinajstić information content (AvgIpc) is 3.06. The summed E-state index contributed by atoms with van der Waals surface area (Å²) in [5, 5.41) is 4.35. The predicted molar refractivity (Wildman–Crippen MR) is 110 cm³/mol. The Hall–Kier alpha value is -2.29. The van der Waals surface area contributed by atoms with Crippen LogP contribution in [0.4, 0.5) is 0 Å². The molecule has 8 nitrogen and oxygen atoms in total. The third-order valence-electron chi connectivity index (χ3n) is 5.81. The van der Waals surface area contributed by atoms with Gasteiger partial charge in [-0.3, -0.25) is 19.4 Å². The molecule has 0 saturated carbocycles. The molecule has 2 atom stereocenters. The molecule has 2 aliphatic rings. The Morgan fingerprint density at radius 3 is 2.83 bits per heavy atom. The lowest BCUT2D eigenvalue weighted by atomic mass is 9.99. The highest BCUT2D eigenvalue weighted by Crippen LogP contribution is 2.31. The van der Waals surface area contributed by atoms with Gasteiger partial charge < -0.3 is 14.5 Å². The summed E-state index contributed by atoms with van der Waals surface area (Å²) in [6, 6.07) is 5.28. The van der Waals surface area contributed by atoms with E-state index < -0.39 is 0 Å². The van der Waals surface area contributed by atoms with Crippen molar-refractivity contribution < 1.29 is 9.53 Å². The standard InChI is InChI=1S/C21H30N6O2/c1-24-8-5-9-26(11-10-24)16-19-20(17-14-23-25(2)15-17)27(12-13-29-19)21(28)18-6-3-4-7-22-18/h3-4,6-7,14-15,19-20H,5,8-13,16H2,1-2H3/t19-,20-/m0/s1. The lowest BCUT2D eigenvalue weighted by Gasteiger charge is -2.42. The normalized spacial score (nSPS) is 24.4. The zero-order valence-corrected chi connectivity index (χ0v) is 17.3. The number of rotatable bonds is 4. The van der Waals surface area contributed by atoms with Gasteiger partial charge in [0.05, 0.1) is 24.9 Å². The third kappa shape index (κ3) is 4.66. The van der Waals surface area contributed by atoms with Gasteiger partial charge in [0.2, 0.25) is 0 Å². The highest BCUT2D eigenvalue weighted by molar-refractivity contribution is 5.92. The molecular weight excluding hydrogens is 368 g/mol. The molecule has 156 valence electrons. The third-order valence-corrected chi connectivity index (χ3v) is 5.81. The van der Waals surface area contributed by atoms with Crippen molar-refractivity contribution in [2.75, 3.05) is 52.9 Å². The Bertz CT molecular complexity index is 811. The Morgan fingerprint density at radius 1 is 1.17 bits per heavy atom. The number of carbonyl (C=O) groups excluding carboxylic acids is 1. The summed E-state index contributed by atoms with van der Waals surface area (Å²) in [4.78, 5) is 24.3. The van der Waals surface area contributed by atoms with Crippen LogP contribution in [0.3, 0.4) is 0 Å². The van der Waals surface area contributed by atoms with Gasteiger partial charge in [0.25, 0.3) is 5.91 Å². The van der Waals surface area contributed by atoms with Crippen LogP contribution >= 0.6 is 0 Å². The summed E-state index contributed by atoms with van der Waals surface area (Å²) in [7, 11) is 4.07. The van der Waals surface area contributed by atoms with E-state index in [0.717, 1.165) is 44.7 Å². The monoisotopic (exact) mass is 398 g/mol. The van der Waals surface area contributed by atoms with E-state index in [9.17, 15) is 4.79 Å². The molecule has 2 aromatic heterocycles. The van der Waals surface area contributed by atoms with Crippen molar-refractivity contribution in [3.05, 3.63) is 48.0 Å². The van der Waals surface area contributed by atoms with Crippen molar-refractivity contribution in [1.29, 1.82) is 0 Å². The number of hydrogen-bond acceptors (Lipinski definition) is 6. The summed E-state index contributed by atoms with van der Waals surface area (Å²) in [6.07, 6.45) is 6.56. The smallest absolute Gasteiger partial charge is 0.273 e. The summed E-state index contributed by atoms with van der Waals surface area (Å²) in [5.41, 5.74) is 1.48. The fraction of sp³-hybridized carbons (Fsp3) is 0.571. The van der Waals surface area contributed by atoms with Gasteiger partial charge in [0.15, 0.2) is 0 Å². The molecule has 2 aliphatic heterocycles. The number of pyridine rings is 1. The molecule has 0 aliphatic carbocycles. The van der Waals surface area contributed by atoms with Crippen LogP contribution < -0.4 is 0 Å². The molecule has 0 aromatic carbocycles. The molecule has 8 heteroatoms. The summed E-state index contributed by atoms with van der Waals surface area (Å²) >= 11 is 0. The molecule has 4 heterocycles. The molecule has 0 unspecified atom stereocenters. The number of aromatic nitrogens is 3. The second-order valence-corrected chi connectivity index (χ2v) is 7.97. The van der Waals surface area contributed by atoms with Gasteiger partial charge in [0.1, 0.15) is 5.69 Å². The predicted octanol–water partition coefficient (Wildman–Crippen LogP) is 1.03. The van der Waals surface area contributed by atoms with Crippen LogP contribution in [-0.4, -0.2) is 94.4 Å². The Labute approximate surface area is 172 Å². The van der Waals surface area contributed by atoms with Crippen LogP contribution in [0.2, 0.25) is 0 Å². The molecule has 0 spiro atoms. The van der Waals surface area contributed by atoms with E-state index in [1.807, 2.05) is 36.5 Å². The van der Waals surface area contributed by atoms with Gasteiger partial charge in [-0.25, -0.2) is 0 Å². The van der Waals surface area contributed by atoms with E-state index in [4.69, 9.17) is 4.74 Å². The second-order valence-electron chi connectivity index (χ2n) is 7.97. The topological polar surface area (TPSA) is 66.7 Å². The average molecular weight is 399 g/mol. The summed E-state index contributed by atoms with van der Waals surface area (Å²) in [5.74, 6) is -0.0525. The fourth-order valence-corrected chi connectivity index (χ4v) is 4.27. The molecule has 4 rings (SSSR count). The SMILES string of the molecule is CN1CCCN(C[C@@H]2OCCN(C(=O)c3ccccn3)[C@H]2c2cnn(C)c2)CC1. The highest BCUT2D eigenvalue weighted by Gasteiger charge is 2.38. The minimum atomic E-state index is -0.173. The molecule has 2 fully saturated rings. The van der Waals surface area contributed by atoms with Gasteiger partial charge in [-0.2, -0.15) is 5.10 Å². The second kappa shape index (κ2) is 9.02. The Morgan fingerprint density at radius 2 is 2.07 bits per heavy atom. The van der Waals surface area contributed by atoms with Crippen LogP contribution in [0, 0.1) is 0 Å². The highest BCUT2D eigenvalue weighted by atomic mass is 16.5. The maximum atomic E-state index is 13.3. The zero-order valence-electron chi connectivity index (χ0n) is 17.3. The maximum absolute atomic E-state index is 13.3. The van der Waals surface area contributed by atoms with Crippen molar-refractivity contribution in [3.8, 4) is 0 Å². The van der Waals surface area contributed by atoms with Crippen LogP contribution in [-0.2, 0) is 11.8 Å². The lowest BCUT2D eigenvalue weighted by Crippen LogP contribution is -2.52. The van der Waals surface area contributed by atoms with E-state index in [0.29, 0.717) is 18.8 Å². The number of aryl methyl sites for hydroxylation is 1. The first-order valence-corrected chi connectivity index (χ1v) is 10.3. The first-order valence-electron chi connectivity index (χ1n) is 10.3. The quantitative estimate of drug-likeness (QED) is 0.767. The molecule has 2 aromatic rings. The van der Waals surface area contributed by atoms with E-state index >= 15 is 0 Å². The molecule has 1 amide bonds. The number of carbonyl (C=O) groups is 1. The number of likely N-dealkylation sites (N-methyl/N-ethyl adjacent to an activating group) is 1. The largest absolute Gasteiger partial charge is 0.373 e.